The number of aromatic nitrogens is 1. The Balaban J connectivity index is 1.46. The summed E-state index contributed by atoms with van der Waals surface area (Å²) in [5.41, 5.74) is 2.29. The molecule has 0 saturated heterocycles. The maximum absolute atomic E-state index is 5.33. The summed E-state index contributed by atoms with van der Waals surface area (Å²) >= 11 is 5.44. The molecule has 0 unspecified atom stereocenters. The Hall–Kier alpha value is -2.99. The topological polar surface area (TPSA) is 22.1 Å². The lowest BCUT2D eigenvalue weighted by molar-refractivity contribution is 0.415. The van der Waals surface area contributed by atoms with Crippen molar-refractivity contribution in [3.63, 3.8) is 0 Å². The molecule has 0 aliphatic carbocycles. The molecule has 6 aromatic rings. The maximum atomic E-state index is 5.33. The Bertz CT molecular complexity index is 1490. The van der Waals surface area contributed by atoms with Gasteiger partial charge >= 0.3 is 0 Å². The maximum Gasteiger partial charge on any atom is 0.134 e. The molecular weight excluding hydrogens is 438 g/mol. The predicted molar refractivity (Wildman–Crippen MR) is 136 cm³/mol. The number of hydrogen-bond donors (Lipinski definition) is 0. The van der Waals surface area contributed by atoms with E-state index in [2.05, 4.69) is 66.7 Å². The number of thiophene rings is 2. The number of methoxy groups -OCH3 is 1. The normalized spacial score (nSPS) is 11.4. The lowest BCUT2D eigenvalue weighted by atomic mass is 10.1. The summed E-state index contributed by atoms with van der Waals surface area (Å²) in [6.45, 7) is 0. The molecule has 6 rings (SSSR count). The van der Waals surface area contributed by atoms with Crippen LogP contribution in [0.15, 0.2) is 84.9 Å². The zero-order valence-corrected chi connectivity index (χ0v) is 19.1. The van der Waals surface area contributed by atoms with Gasteiger partial charge in [0.25, 0.3) is 0 Å². The first kappa shape index (κ1) is 18.8. The average molecular weight is 456 g/mol. The molecule has 0 bridgehead atoms. The standard InChI is InChI=1S/C26H17NOS3/c1-28-17-12-10-16(11-13-17)24-18-6-2-3-7-19(18)25(31-24)22-14-15-23(29-22)26-27-20-8-4-5-9-21(20)30-26/h2-15H,1H3. The predicted octanol–water partition coefficient (Wildman–Crippen LogP) is 8.58. The molecule has 0 fully saturated rings. The number of benzene rings is 3. The zero-order valence-electron chi connectivity index (χ0n) is 16.7. The Kier molecular flexibility index (Phi) is 4.60. The van der Waals surface area contributed by atoms with Gasteiger partial charge in [-0.25, -0.2) is 4.98 Å². The summed E-state index contributed by atoms with van der Waals surface area (Å²) in [7, 11) is 1.70. The van der Waals surface area contributed by atoms with E-state index in [-0.39, 0.29) is 0 Å². The first-order valence-corrected chi connectivity index (χ1v) is 12.4. The number of hydrogen-bond acceptors (Lipinski definition) is 5. The second-order valence-electron chi connectivity index (χ2n) is 7.19. The summed E-state index contributed by atoms with van der Waals surface area (Å²) in [5.74, 6) is 0.878. The van der Waals surface area contributed by atoms with E-state index >= 15 is 0 Å². The highest BCUT2D eigenvalue weighted by Crippen LogP contribution is 2.47. The molecule has 0 atom stereocenters. The van der Waals surface area contributed by atoms with Crippen molar-refractivity contribution in [2.75, 3.05) is 7.11 Å². The number of thiazole rings is 1. The summed E-state index contributed by atoms with van der Waals surface area (Å²) in [6, 6.07) is 29.8. The molecule has 0 saturated carbocycles. The molecule has 2 nitrogen and oxygen atoms in total. The van der Waals surface area contributed by atoms with Gasteiger partial charge in [0.15, 0.2) is 0 Å². The van der Waals surface area contributed by atoms with Crippen molar-refractivity contribution in [1.29, 1.82) is 0 Å². The lowest BCUT2D eigenvalue weighted by Gasteiger charge is -2.02. The number of rotatable bonds is 4. The highest BCUT2D eigenvalue weighted by atomic mass is 32.1. The van der Waals surface area contributed by atoms with Crippen LogP contribution in [0, 0.1) is 0 Å². The van der Waals surface area contributed by atoms with Gasteiger partial charge in [0.2, 0.25) is 0 Å². The molecule has 0 amide bonds. The van der Waals surface area contributed by atoms with E-state index in [1.54, 1.807) is 18.4 Å². The van der Waals surface area contributed by atoms with Gasteiger partial charge in [0.1, 0.15) is 10.8 Å². The van der Waals surface area contributed by atoms with Crippen LogP contribution in [-0.2, 0) is 0 Å². The molecule has 0 spiro atoms. The third-order valence-corrected chi connectivity index (χ3v) is 9.05. The van der Waals surface area contributed by atoms with Crippen molar-refractivity contribution in [3.05, 3.63) is 84.9 Å². The summed E-state index contributed by atoms with van der Waals surface area (Å²) in [6.07, 6.45) is 0. The highest BCUT2D eigenvalue weighted by Gasteiger charge is 2.17. The van der Waals surface area contributed by atoms with E-state index in [0.717, 1.165) is 16.3 Å². The van der Waals surface area contributed by atoms with Crippen LogP contribution in [0.5, 0.6) is 5.75 Å². The second kappa shape index (κ2) is 7.61. The molecule has 0 aliphatic rings. The van der Waals surface area contributed by atoms with E-state index < -0.39 is 0 Å². The van der Waals surface area contributed by atoms with Gasteiger partial charge in [-0.3, -0.25) is 0 Å². The van der Waals surface area contributed by atoms with Gasteiger partial charge in [-0.2, -0.15) is 0 Å². The van der Waals surface area contributed by atoms with Crippen molar-refractivity contribution >= 4 is 55.0 Å². The van der Waals surface area contributed by atoms with Gasteiger partial charge in [-0.05, 0) is 54.1 Å². The molecule has 0 radical (unpaired) electrons. The Morgan fingerprint density at radius 2 is 1.35 bits per heavy atom. The molecule has 3 aromatic carbocycles. The Morgan fingerprint density at radius 1 is 0.645 bits per heavy atom. The third-order valence-electron chi connectivity index (χ3n) is 5.31. The summed E-state index contributed by atoms with van der Waals surface area (Å²) in [5, 5.41) is 3.69. The van der Waals surface area contributed by atoms with Crippen LogP contribution in [0.25, 0.3) is 51.1 Å². The van der Waals surface area contributed by atoms with E-state index in [4.69, 9.17) is 9.72 Å². The van der Waals surface area contributed by atoms with Crippen LogP contribution in [-0.4, -0.2) is 12.1 Å². The highest BCUT2D eigenvalue weighted by molar-refractivity contribution is 7.29. The molecule has 5 heteroatoms. The average Bonchev–Trinajstić information content (AvgIpc) is 3.55. The van der Waals surface area contributed by atoms with Crippen LogP contribution in [0.3, 0.4) is 0 Å². The van der Waals surface area contributed by atoms with E-state index in [1.165, 1.54) is 40.5 Å². The molecule has 3 heterocycles. The number of nitrogens with zero attached hydrogens (tertiary/aromatic N) is 1. The third kappa shape index (κ3) is 3.26. The molecule has 0 aliphatic heterocycles. The van der Waals surface area contributed by atoms with Crippen molar-refractivity contribution in [2.24, 2.45) is 0 Å². The number of para-hydroxylation sites is 1. The van der Waals surface area contributed by atoms with E-state index in [9.17, 15) is 0 Å². The largest absolute Gasteiger partial charge is 0.497 e. The van der Waals surface area contributed by atoms with Gasteiger partial charge in [-0.15, -0.1) is 34.0 Å². The minimum Gasteiger partial charge on any atom is -0.497 e. The lowest BCUT2D eigenvalue weighted by Crippen LogP contribution is -1.81. The van der Waals surface area contributed by atoms with E-state index in [1.807, 2.05) is 40.9 Å². The molecular formula is C26H17NOS3. The fourth-order valence-corrected chi connectivity index (χ4v) is 7.22. The van der Waals surface area contributed by atoms with Gasteiger partial charge < -0.3 is 4.74 Å². The monoisotopic (exact) mass is 455 g/mol. The van der Waals surface area contributed by atoms with E-state index in [0.29, 0.717) is 0 Å². The Labute approximate surface area is 192 Å². The minimum atomic E-state index is 0.878. The fraction of sp³-hybridized carbons (Fsp3) is 0.0385. The molecule has 0 N–H and O–H groups in total. The number of fused-ring (bicyclic) bond motifs is 2. The minimum absolute atomic E-state index is 0.878. The fourth-order valence-electron chi connectivity index (χ4n) is 3.78. The Morgan fingerprint density at radius 3 is 2.13 bits per heavy atom. The molecule has 150 valence electrons. The van der Waals surface area contributed by atoms with Gasteiger partial charge in [-0.1, -0.05) is 36.4 Å². The summed E-state index contributed by atoms with van der Waals surface area (Å²) < 4.78 is 6.57. The van der Waals surface area contributed by atoms with Crippen molar-refractivity contribution in [2.45, 2.75) is 0 Å². The van der Waals surface area contributed by atoms with Crippen molar-refractivity contribution in [3.8, 4) is 35.8 Å². The van der Waals surface area contributed by atoms with Gasteiger partial charge in [0, 0.05) is 20.5 Å². The van der Waals surface area contributed by atoms with Crippen LogP contribution in [0.1, 0.15) is 0 Å². The van der Waals surface area contributed by atoms with Crippen LogP contribution < -0.4 is 4.74 Å². The first-order chi connectivity index (χ1) is 15.3. The van der Waals surface area contributed by atoms with Crippen LogP contribution in [0.4, 0.5) is 0 Å². The zero-order chi connectivity index (χ0) is 20.8. The molecule has 31 heavy (non-hydrogen) atoms. The second-order valence-corrected chi connectivity index (χ2v) is 10.3. The van der Waals surface area contributed by atoms with Crippen LogP contribution in [0.2, 0.25) is 0 Å². The van der Waals surface area contributed by atoms with Crippen molar-refractivity contribution in [1.82, 2.24) is 4.98 Å². The summed E-state index contributed by atoms with van der Waals surface area (Å²) in [4.78, 5) is 9.96. The molecule has 3 aromatic heterocycles. The quantitative estimate of drug-likeness (QED) is 0.265. The first-order valence-electron chi connectivity index (χ1n) is 9.92. The van der Waals surface area contributed by atoms with Crippen molar-refractivity contribution < 1.29 is 4.74 Å². The SMILES string of the molecule is COc1ccc(-c2sc(-c3ccc(-c4nc5ccccc5s4)s3)c3ccccc23)cc1. The smallest absolute Gasteiger partial charge is 0.134 e. The van der Waals surface area contributed by atoms with Crippen LogP contribution >= 0.6 is 34.0 Å². The number of ether oxygens (including phenoxy) is 1. The van der Waals surface area contributed by atoms with Gasteiger partial charge in [0.05, 0.1) is 27.1 Å².